The Kier molecular flexibility index (Phi) is 2.47. The lowest BCUT2D eigenvalue weighted by Crippen LogP contribution is -2.03. The first-order valence-corrected chi connectivity index (χ1v) is 4.34. The molecule has 0 aliphatic heterocycles. The van der Waals surface area contributed by atoms with Gasteiger partial charge in [0.2, 0.25) is 0 Å². The Bertz CT molecular complexity index is 500. The van der Waals surface area contributed by atoms with Crippen molar-refractivity contribution in [3.8, 4) is 5.75 Å². The Morgan fingerprint density at radius 3 is 2.80 bits per heavy atom. The van der Waals surface area contributed by atoms with Gasteiger partial charge < -0.3 is 9.72 Å². The van der Waals surface area contributed by atoms with E-state index in [2.05, 4.69) is 27.3 Å². The summed E-state index contributed by atoms with van der Waals surface area (Å²) in [6, 6.07) is 2.12. The zero-order chi connectivity index (χ0) is 11.0. The molecule has 0 radical (unpaired) electrons. The highest BCUT2D eigenvalue weighted by Gasteiger charge is 2.12. The Hall–Kier alpha value is -1.37. The summed E-state index contributed by atoms with van der Waals surface area (Å²) in [5, 5.41) is 0.276. The first-order chi connectivity index (χ1) is 7.06. The van der Waals surface area contributed by atoms with Gasteiger partial charge in [-0.05, 0) is 0 Å². The number of alkyl halides is 2. The van der Waals surface area contributed by atoms with Gasteiger partial charge in [-0.15, -0.1) is 12.6 Å². The SMILES string of the molecule is Fc1cc2[nH]c(S)nc2cc1OC(F)F. The minimum atomic E-state index is -3.06. The molecule has 0 bridgehead atoms. The number of ether oxygens (including phenoxy) is 1. The number of benzene rings is 1. The lowest BCUT2D eigenvalue weighted by atomic mass is 10.3. The van der Waals surface area contributed by atoms with Crippen LogP contribution in [0.4, 0.5) is 13.2 Å². The van der Waals surface area contributed by atoms with Gasteiger partial charge in [0.15, 0.2) is 16.7 Å². The van der Waals surface area contributed by atoms with Gasteiger partial charge in [0.05, 0.1) is 11.0 Å². The van der Waals surface area contributed by atoms with Crippen LogP contribution in [0.15, 0.2) is 17.3 Å². The summed E-state index contributed by atoms with van der Waals surface area (Å²) in [7, 11) is 0. The third kappa shape index (κ3) is 2.01. The number of thiol groups is 1. The molecule has 0 aliphatic rings. The maximum Gasteiger partial charge on any atom is 0.387 e. The average molecular weight is 234 g/mol. The van der Waals surface area contributed by atoms with E-state index >= 15 is 0 Å². The number of hydrogen-bond donors (Lipinski definition) is 2. The van der Waals surface area contributed by atoms with Gasteiger partial charge in [0.1, 0.15) is 0 Å². The lowest BCUT2D eigenvalue weighted by Gasteiger charge is -2.04. The van der Waals surface area contributed by atoms with Crippen LogP contribution in [0.3, 0.4) is 0 Å². The molecule has 0 atom stereocenters. The van der Waals surface area contributed by atoms with Gasteiger partial charge in [0, 0.05) is 12.1 Å². The highest BCUT2D eigenvalue weighted by Crippen LogP contribution is 2.25. The fourth-order valence-electron chi connectivity index (χ4n) is 1.18. The number of nitrogens with one attached hydrogen (secondary N) is 1. The van der Waals surface area contributed by atoms with Crippen molar-refractivity contribution in [2.24, 2.45) is 0 Å². The van der Waals surface area contributed by atoms with Crippen LogP contribution in [0.5, 0.6) is 5.75 Å². The van der Waals surface area contributed by atoms with E-state index in [4.69, 9.17) is 0 Å². The molecule has 15 heavy (non-hydrogen) atoms. The van der Waals surface area contributed by atoms with E-state index in [0.717, 1.165) is 12.1 Å². The Labute approximate surface area is 87.7 Å². The second kappa shape index (κ2) is 3.65. The van der Waals surface area contributed by atoms with Crippen molar-refractivity contribution in [3.05, 3.63) is 17.9 Å². The number of nitrogens with zero attached hydrogens (tertiary/aromatic N) is 1. The van der Waals surface area contributed by atoms with E-state index in [0.29, 0.717) is 11.0 Å². The molecule has 0 spiro atoms. The van der Waals surface area contributed by atoms with Crippen LogP contribution in [0.25, 0.3) is 11.0 Å². The first kappa shape index (κ1) is 10.2. The summed E-state index contributed by atoms with van der Waals surface area (Å²) in [5.74, 6) is -1.41. The summed E-state index contributed by atoms with van der Waals surface area (Å²) >= 11 is 3.90. The number of imidazole rings is 1. The highest BCUT2D eigenvalue weighted by molar-refractivity contribution is 7.80. The average Bonchev–Trinajstić information content (AvgIpc) is 2.44. The molecule has 0 amide bonds. The quantitative estimate of drug-likeness (QED) is 0.784. The molecule has 0 unspecified atom stereocenters. The molecule has 3 nitrogen and oxygen atoms in total. The van der Waals surface area contributed by atoms with E-state index in [1.165, 1.54) is 0 Å². The van der Waals surface area contributed by atoms with Crippen molar-refractivity contribution in [2.45, 2.75) is 11.8 Å². The van der Waals surface area contributed by atoms with Crippen LogP contribution in [0.2, 0.25) is 0 Å². The molecular formula is C8H5F3N2OS. The fraction of sp³-hybridized carbons (Fsp3) is 0.125. The van der Waals surface area contributed by atoms with E-state index in [1.54, 1.807) is 0 Å². The molecule has 1 heterocycles. The summed E-state index contributed by atoms with van der Waals surface area (Å²) in [6.07, 6.45) is 0. The van der Waals surface area contributed by atoms with Crippen LogP contribution in [-0.4, -0.2) is 16.6 Å². The van der Waals surface area contributed by atoms with Gasteiger partial charge in [-0.3, -0.25) is 0 Å². The molecule has 7 heteroatoms. The van der Waals surface area contributed by atoms with Crippen LogP contribution in [0, 0.1) is 5.82 Å². The van der Waals surface area contributed by atoms with Crippen molar-refractivity contribution in [3.63, 3.8) is 0 Å². The zero-order valence-electron chi connectivity index (χ0n) is 7.17. The lowest BCUT2D eigenvalue weighted by molar-refractivity contribution is -0.0520. The van der Waals surface area contributed by atoms with Crippen LogP contribution in [-0.2, 0) is 0 Å². The molecule has 0 saturated carbocycles. The number of aromatic nitrogens is 2. The van der Waals surface area contributed by atoms with Crippen molar-refractivity contribution < 1.29 is 17.9 Å². The van der Waals surface area contributed by atoms with Crippen molar-refractivity contribution in [1.29, 1.82) is 0 Å². The van der Waals surface area contributed by atoms with E-state index in [1.807, 2.05) is 0 Å². The van der Waals surface area contributed by atoms with Crippen LogP contribution < -0.4 is 4.74 Å². The molecule has 1 aromatic heterocycles. The topological polar surface area (TPSA) is 37.9 Å². The minimum Gasteiger partial charge on any atom is -0.432 e. The van der Waals surface area contributed by atoms with Gasteiger partial charge in [-0.1, -0.05) is 0 Å². The van der Waals surface area contributed by atoms with Crippen LogP contribution in [0.1, 0.15) is 0 Å². The van der Waals surface area contributed by atoms with E-state index in [9.17, 15) is 13.2 Å². The Morgan fingerprint density at radius 2 is 2.13 bits per heavy atom. The van der Waals surface area contributed by atoms with Crippen molar-refractivity contribution >= 4 is 23.7 Å². The number of rotatable bonds is 2. The minimum absolute atomic E-state index is 0.276. The smallest absolute Gasteiger partial charge is 0.387 e. The maximum absolute atomic E-state index is 13.2. The highest BCUT2D eigenvalue weighted by atomic mass is 32.1. The predicted molar refractivity (Wildman–Crippen MR) is 49.9 cm³/mol. The molecule has 80 valence electrons. The van der Waals surface area contributed by atoms with E-state index in [-0.39, 0.29) is 5.16 Å². The Morgan fingerprint density at radius 1 is 1.40 bits per heavy atom. The number of fused-ring (bicyclic) bond motifs is 1. The second-order valence-corrected chi connectivity index (χ2v) is 3.16. The summed E-state index contributed by atoms with van der Waals surface area (Å²) < 4.78 is 40.9. The fourth-order valence-corrected chi connectivity index (χ4v) is 1.41. The molecular weight excluding hydrogens is 229 g/mol. The second-order valence-electron chi connectivity index (χ2n) is 2.74. The van der Waals surface area contributed by atoms with Gasteiger partial charge in [0.25, 0.3) is 0 Å². The van der Waals surface area contributed by atoms with Crippen molar-refractivity contribution in [1.82, 2.24) is 9.97 Å². The summed E-state index contributed by atoms with van der Waals surface area (Å²) in [4.78, 5) is 6.49. The molecule has 0 saturated heterocycles. The Balaban J connectivity index is 2.51. The summed E-state index contributed by atoms with van der Waals surface area (Å²) in [5.41, 5.74) is 0.691. The maximum atomic E-state index is 13.2. The van der Waals surface area contributed by atoms with Crippen LogP contribution >= 0.6 is 12.6 Å². The number of halogens is 3. The molecule has 2 aromatic rings. The summed E-state index contributed by atoms with van der Waals surface area (Å²) in [6.45, 7) is -3.06. The number of aromatic amines is 1. The largest absolute Gasteiger partial charge is 0.432 e. The monoisotopic (exact) mass is 234 g/mol. The van der Waals surface area contributed by atoms with Gasteiger partial charge in [-0.25, -0.2) is 9.37 Å². The normalized spacial score (nSPS) is 11.3. The first-order valence-electron chi connectivity index (χ1n) is 3.89. The van der Waals surface area contributed by atoms with E-state index < -0.39 is 18.2 Å². The molecule has 1 aromatic carbocycles. The number of hydrogen-bond acceptors (Lipinski definition) is 3. The van der Waals surface area contributed by atoms with Gasteiger partial charge in [-0.2, -0.15) is 8.78 Å². The molecule has 2 rings (SSSR count). The van der Waals surface area contributed by atoms with Gasteiger partial charge >= 0.3 is 6.61 Å². The zero-order valence-corrected chi connectivity index (χ0v) is 8.06. The number of H-pyrrole nitrogens is 1. The molecule has 0 aliphatic carbocycles. The van der Waals surface area contributed by atoms with Crippen molar-refractivity contribution in [2.75, 3.05) is 0 Å². The standard InChI is InChI=1S/C8H5F3N2OS/c9-3-1-4-5(13-8(15)12-4)2-6(3)14-7(10)11/h1-2,7H,(H2,12,13,15). The molecule has 1 N–H and O–H groups in total. The third-order valence-electron chi connectivity index (χ3n) is 1.74. The molecule has 0 fully saturated rings. The predicted octanol–water partition coefficient (Wildman–Crippen LogP) is 2.59. The third-order valence-corrected chi connectivity index (χ3v) is 1.95.